The van der Waals surface area contributed by atoms with E-state index in [9.17, 15) is 0 Å². The molecule has 9 aliphatic rings. The van der Waals surface area contributed by atoms with Crippen molar-refractivity contribution in [3.63, 3.8) is 0 Å². The van der Waals surface area contributed by atoms with E-state index < -0.39 is 0 Å². The fraction of sp³-hybridized carbons (Fsp3) is 0.540. The third-order valence-corrected chi connectivity index (χ3v) is 33.5. The Morgan fingerprint density at radius 2 is 0.684 bits per heavy atom. The van der Waals surface area contributed by atoms with Gasteiger partial charge in [0.05, 0.1) is 52.2 Å². The maximum Gasteiger partial charge on any atom is 0.296 e. The summed E-state index contributed by atoms with van der Waals surface area (Å²) >= 11 is 2.06. The molecule has 0 N–H and O–H groups in total. The molecule has 0 bridgehead atoms. The topological polar surface area (TPSA) is 41.8 Å². The number of anilines is 1. The minimum atomic E-state index is -0.0146. The van der Waals surface area contributed by atoms with Crippen LogP contribution in [0.25, 0.3) is 21.8 Å². The Bertz CT molecular complexity index is 3790. The molecule has 0 aliphatic carbocycles. The highest BCUT2D eigenvalue weighted by atomic mass is 127. The van der Waals surface area contributed by atoms with Gasteiger partial charge in [0.1, 0.15) is 28.8 Å². The molecule has 0 radical (unpaired) electrons. The van der Waals surface area contributed by atoms with Gasteiger partial charge in [0.25, 0.3) is 22.6 Å². The van der Waals surface area contributed by atoms with Gasteiger partial charge in [-0.1, -0.05) is 131 Å². The van der Waals surface area contributed by atoms with Gasteiger partial charge in [-0.2, -0.15) is 0 Å². The second-order valence-electron chi connectivity index (χ2n) is 34.1. The second-order valence-corrected chi connectivity index (χ2v) is 42.0. The molecule has 9 aliphatic heterocycles. The van der Waals surface area contributed by atoms with Crippen LogP contribution in [0.2, 0.25) is 0 Å². The molecule has 618 valence electrons. The van der Waals surface area contributed by atoms with Crippen LogP contribution in [-0.2, 0) is 52.2 Å². The van der Waals surface area contributed by atoms with Gasteiger partial charge in [-0.3, -0.25) is 0 Å². The average molecular weight is 1710 g/mol. The highest BCUT2D eigenvalue weighted by molar-refractivity contribution is 7.97. The van der Waals surface area contributed by atoms with E-state index >= 15 is 0 Å². The molecule has 0 saturated carbocycles. The maximum atomic E-state index is 5.14. The summed E-state index contributed by atoms with van der Waals surface area (Å²) in [6.07, 6.45) is 37.0. The summed E-state index contributed by atoms with van der Waals surface area (Å²) in [4.78, 5) is 25.3. The lowest BCUT2D eigenvalue weighted by Crippen LogP contribution is -3.34. The van der Waals surface area contributed by atoms with Crippen molar-refractivity contribution >= 4 is 60.2 Å². The lowest BCUT2D eigenvalue weighted by molar-refractivity contribution is -0.328. The Kier molecular flexibility index (Phi) is 37.8. The number of piperidine rings is 7. The molecule has 0 atom stereocenters. The SMILES string of the molecule is CCC(C)(C)c1ccc([IH+])cc1.CN1CCC(N2CCCCC2)CC1.CN1CCC(N2CCCCC2)CC1.CN1CCC(N2CCCCC2)CC1.COc1ccc(N2CCCCC2)cc1.Cn1cc([S+]2CCCC2)c2ccccc21.Cn1cc([S+]2CCCC2)c2ccccc21.c1ccc([S+](c2ccccc2)c2ccccc2)cc1. The summed E-state index contributed by atoms with van der Waals surface area (Å²) in [5, 5.41) is 2.95. The summed E-state index contributed by atoms with van der Waals surface area (Å²) in [5.41, 5.74) is 5.86. The Morgan fingerprint density at radius 1 is 0.368 bits per heavy atom. The standard InChI is InChI=1S/C18H15S.2C13H16NS.C12H17NO.C11H16I.3C11H22N2/c1-4-10-16(11-5-1)19(17-12-6-2-7-13-17)18-14-8-3-9-15-18;2*1-14-10-13(15-8-4-5-9-15)11-6-2-3-7-12(11)14;1-14-12-7-5-11(6-8-12)13-9-3-2-4-10-13;1-4-11(2,3)9-5-7-10(12)8-6-9;3*1-12-9-5-11(6-10-12)13-7-3-2-4-8-13/h1-15H;2*2-3,6-7,10H,4-5,8-9H2,1H3;5-8H,2-4,9-10H2,1H3;5-8,12H,4H2,1-3H3;3*11H,2-10H2,1H3/q3*+1;;+1;;;. The molecule has 14 heteroatoms. The predicted molar refractivity (Wildman–Crippen MR) is 493 cm³/mol. The van der Waals surface area contributed by atoms with Crippen LogP contribution in [0.4, 0.5) is 5.69 Å². The van der Waals surface area contributed by atoms with E-state index in [4.69, 9.17) is 4.74 Å². The van der Waals surface area contributed by atoms with E-state index in [1.165, 1.54) is 314 Å². The smallest absolute Gasteiger partial charge is 0.296 e. The normalized spacial score (nSPS) is 19.7. The van der Waals surface area contributed by atoms with Gasteiger partial charge in [0, 0.05) is 72.8 Å². The predicted octanol–water partition coefficient (Wildman–Crippen LogP) is 17.9. The zero-order valence-corrected chi connectivity index (χ0v) is 76.6. The zero-order valence-electron chi connectivity index (χ0n) is 71.8. The van der Waals surface area contributed by atoms with Gasteiger partial charge in [-0.25, -0.2) is 0 Å². The van der Waals surface area contributed by atoms with Crippen molar-refractivity contribution < 1.29 is 27.3 Å². The second kappa shape index (κ2) is 48.1. The first-order chi connectivity index (χ1) is 55.7. The van der Waals surface area contributed by atoms with Crippen LogP contribution in [0, 0.1) is 3.57 Å². The van der Waals surface area contributed by atoms with Crippen LogP contribution in [0.5, 0.6) is 5.75 Å². The first kappa shape index (κ1) is 89.5. The number of hydrogen-bond donors (Lipinski definition) is 0. The number of methoxy groups -OCH3 is 1. The first-order valence-corrected chi connectivity index (χ1v) is 50.0. The third-order valence-electron chi connectivity index (χ3n) is 25.4. The number of ether oxygens (including phenoxy) is 1. The number of benzene rings is 7. The number of fused-ring (bicyclic) bond motifs is 2. The highest BCUT2D eigenvalue weighted by Crippen LogP contribution is 2.35. The third kappa shape index (κ3) is 27.7. The zero-order chi connectivity index (χ0) is 79.7. The Labute approximate surface area is 714 Å². The van der Waals surface area contributed by atoms with Crippen molar-refractivity contribution in [1.82, 2.24) is 38.5 Å². The van der Waals surface area contributed by atoms with Gasteiger partial charge in [-0.05, 0) is 336 Å². The highest BCUT2D eigenvalue weighted by Gasteiger charge is 2.33. The fourth-order valence-electron chi connectivity index (χ4n) is 17.9. The van der Waals surface area contributed by atoms with Gasteiger partial charge in [0.2, 0.25) is 0 Å². The molecular weight excluding hydrogens is 1570 g/mol. The monoisotopic (exact) mass is 1710 g/mol. The summed E-state index contributed by atoms with van der Waals surface area (Å²) in [6, 6.07) is 69.7. The number of aromatic nitrogens is 2. The van der Waals surface area contributed by atoms with E-state index in [1.54, 1.807) is 16.9 Å². The number of aryl methyl sites for hydroxylation is 2. The molecular formula is C100H146IN9OS3+4. The van der Waals surface area contributed by atoms with Crippen molar-refractivity contribution in [2.24, 2.45) is 14.1 Å². The number of rotatable bonds is 12. The Morgan fingerprint density at radius 3 is 1.01 bits per heavy atom. The Hall–Kier alpha value is -5.24. The Balaban J connectivity index is 0.000000129. The molecule has 2 aromatic heterocycles. The summed E-state index contributed by atoms with van der Waals surface area (Å²) in [6.45, 7) is 25.3. The van der Waals surface area contributed by atoms with E-state index in [0.29, 0.717) is 27.2 Å². The van der Waals surface area contributed by atoms with E-state index in [0.717, 1.165) is 23.9 Å². The molecule has 0 spiro atoms. The number of para-hydroxylation sites is 2. The van der Waals surface area contributed by atoms with Crippen LogP contribution in [-0.4, -0.2) is 200 Å². The molecule has 114 heavy (non-hydrogen) atoms. The largest absolute Gasteiger partial charge is 0.497 e. The molecule has 11 heterocycles. The lowest BCUT2D eigenvalue weighted by Gasteiger charge is -2.39. The molecule has 10 nitrogen and oxygen atoms in total. The lowest BCUT2D eigenvalue weighted by atomic mass is 9.82. The van der Waals surface area contributed by atoms with Gasteiger partial charge in [-0.15, -0.1) is 0 Å². The van der Waals surface area contributed by atoms with Crippen LogP contribution in [0.15, 0.2) is 225 Å². The van der Waals surface area contributed by atoms with Crippen LogP contribution >= 0.6 is 0 Å². The fourth-order valence-corrected chi connectivity index (χ4v) is 25.5. The van der Waals surface area contributed by atoms with E-state index in [1.807, 2.05) is 12.1 Å². The van der Waals surface area contributed by atoms with Crippen molar-refractivity contribution in [3.8, 4) is 5.75 Å². The quantitative estimate of drug-likeness (QED) is 0.0885. The van der Waals surface area contributed by atoms with Gasteiger partial charge < -0.3 is 48.2 Å². The van der Waals surface area contributed by atoms with Crippen molar-refractivity contribution in [2.75, 3.05) is 148 Å². The van der Waals surface area contributed by atoms with Crippen molar-refractivity contribution in [1.29, 1.82) is 0 Å². The van der Waals surface area contributed by atoms with Crippen molar-refractivity contribution in [3.05, 3.63) is 210 Å². The number of likely N-dealkylation sites (tertiary alicyclic amines) is 6. The average Bonchev–Trinajstić information content (AvgIpc) is 1.62. The molecule has 0 unspecified atom stereocenters. The molecule has 7 aromatic carbocycles. The van der Waals surface area contributed by atoms with E-state index in [-0.39, 0.29) is 10.9 Å². The van der Waals surface area contributed by atoms with Gasteiger partial charge in [0.15, 0.2) is 28.0 Å². The summed E-state index contributed by atoms with van der Waals surface area (Å²) < 4.78 is 11.0. The molecule has 18 rings (SSSR count). The number of hydrogen-bond acceptors (Lipinski definition) is 8. The minimum absolute atomic E-state index is 0.0146. The van der Waals surface area contributed by atoms with Crippen LogP contribution in [0.3, 0.4) is 0 Å². The van der Waals surface area contributed by atoms with Crippen molar-refractivity contribution in [2.45, 2.75) is 216 Å². The van der Waals surface area contributed by atoms with Crippen LogP contribution in [0.1, 0.15) is 174 Å². The maximum absolute atomic E-state index is 5.14. The molecule has 9 saturated heterocycles. The van der Waals surface area contributed by atoms with E-state index in [2.05, 4.69) is 310 Å². The molecule has 9 fully saturated rings. The number of halogens is 1. The summed E-state index contributed by atoms with van der Waals surface area (Å²) in [7, 11) is 13.8. The van der Waals surface area contributed by atoms with Gasteiger partial charge >= 0.3 is 0 Å². The molecule has 9 aromatic rings. The summed E-state index contributed by atoms with van der Waals surface area (Å²) in [5.74, 6) is 6.58. The minimum Gasteiger partial charge on any atom is -0.497 e. The first-order valence-electron chi connectivity index (χ1n) is 44.5. The van der Waals surface area contributed by atoms with Crippen LogP contribution < -0.4 is 32.2 Å². The number of nitrogens with zero attached hydrogens (tertiary/aromatic N) is 9. The molecule has 0 amide bonds.